The Balaban J connectivity index is 1.44. The zero-order valence-electron chi connectivity index (χ0n) is 18.0. The third-order valence-corrected chi connectivity index (χ3v) is 5.23. The van der Waals surface area contributed by atoms with Crippen LogP contribution < -0.4 is 10.2 Å². The van der Waals surface area contributed by atoms with Gasteiger partial charge in [-0.3, -0.25) is 9.48 Å². The van der Waals surface area contributed by atoms with Crippen LogP contribution in [0.15, 0.2) is 60.1 Å². The van der Waals surface area contributed by atoms with Gasteiger partial charge in [0.15, 0.2) is 5.96 Å². The van der Waals surface area contributed by atoms with Gasteiger partial charge in [-0.15, -0.1) is 0 Å². The number of aromatic nitrogens is 4. The Morgan fingerprint density at radius 2 is 2.06 bits per heavy atom. The van der Waals surface area contributed by atoms with Gasteiger partial charge in [-0.2, -0.15) is 5.10 Å². The van der Waals surface area contributed by atoms with Crippen molar-refractivity contribution >= 4 is 17.6 Å². The molecule has 1 amide bonds. The van der Waals surface area contributed by atoms with E-state index in [4.69, 9.17) is 4.99 Å². The number of guanidine groups is 1. The van der Waals surface area contributed by atoms with Crippen molar-refractivity contribution in [1.29, 1.82) is 0 Å². The zero-order valence-corrected chi connectivity index (χ0v) is 18.0. The van der Waals surface area contributed by atoms with E-state index >= 15 is 0 Å². The van der Waals surface area contributed by atoms with Crippen LogP contribution in [-0.4, -0.2) is 62.3 Å². The van der Waals surface area contributed by atoms with E-state index in [1.807, 2.05) is 49.5 Å². The molecule has 3 aromatic rings. The number of amides is 1. The monoisotopic (exact) mass is 420 g/mol. The van der Waals surface area contributed by atoms with Gasteiger partial charge in [-0.05, 0) is 12.5 Å². The highest BCUT2D eigenvalue weighted by Crippen LogP contribution is 2.16. The molecule has 0 saturated carbocycles. The van der Waals surface area contributed by atoms with Crippen LogP contribution in [0, 0.1) is 0 Å². The first-order valence-electron chi connectivity index (χ1n) is 10.5. The molecule has 1 N–H and O–H groups in total. The summed E-state index contributed by atoms with van der Waals surface area (Å²) < 4.78 is 3.81. The molecule has 2 aromatic heterocycles. The zero-order chi connectivity index (χ0) is 21.6. The standard InChI is InChI=1S/C22H28N8O/c1-3-23-22(29-11-12-30(21(31)17-29)19-13-26-27(2)16-19)25-14-20-24-9-10-28(20)15-18-7-5-4-6-8-18/h4-10,13,16H,3,11-12,14-15,17H2,1-2H3,(H,23,25). The van der Waals surface area contributed by atoms with Crippen molar-refractivity contribution in [1.82, 2.24) is 29.5 Å². The van der Waals surface area contributed by atoms with Crippen LogP contribution in [0.3, 0.4) is 0 Å². The molecule has 9 nitrogen and oxygen atoms in total. The van der Waals surface area contributed by atoms with E-state index in [9.17, 15) is 4.79 Å². The Morgan fingerprint density at radius 1 is 1.23 bits per heavy atom. The van der Waals surface area contributed by atoms with Gasteiger partial charge in [0.2, 0.25) is 5.91 Å². The Labute approximate surface area is 182 Å². The molecule has 0 unspecified atom stereocenters. The number of carbonyl (C=O) groups excluding carboxylic acids is 1. The fourth-order valence-corrected chi connectivity index (χ4v) is 3.66. The SMILES string of the molecule is CCNC(=NCc1nccn1Cc1ccccc1)N1CCN(c2cnn(C)c2)C(=O)C1. The number of piperazine rings is 1. The second-order valence-electron chi connectivity index (χ2n) is 7.47. The molecule has 9 heteroatoms. The molecule has 1 saturated heterocycles. The van der Waals surface area contributed by atoms with Gasteiger partial charge in [0.05, 0.1) is 11.9 Å². The van der Waals surface area contributed by atoms with Gasteiger partial charge in [0, 0.05) is 51.8 Å². The Morgan fingerprint density at radius 3 is 2.77 bits per heavy atom. The molecule has 1 aliphatic heterocycles. The molecule has 0 atom stereocenters. The minimum atomic E-state index is 0.0374. The van der Waals surface area contributed by atoms with Gasteiger partial charge < -0.3 is 19.7 Å². The minimum Gasteiger partial charge on any atom is -0.356 e. The largest absolute Gasteiger partial charge is 0.356 e. The van der Waals surface area contributed by atoms with E-state index in [1.54, 1.807) is 22.0 Å². The topological polar surface area (TPSA) is 83.6 Å². The lowest BCUT2D eigenvalue weighted by Crippen LogP contribution is -2.55. The lowest BCUT2D eigenvalue weighted by Gasteiger charge is -2.35. The first-order chi connectivity index (χ1) is 15.1. The average Bonchev–Trinajstić information content (AvgIpc) is 3.40. The third-order valence-electron chi connectivity index (χ3n) is 5.23. The number of benzene rings is 1. The lowest BCUT2D eigenvalue weighted by molar-refractivity contribution is -0.120. The Bertz CT molecular complexity index is 1040. The number of nitrogens with one attached hydrogen (secondary N) is 1. The molecule has 1 aliphatic rings. The number of aryl methyl sites for hydroxylation is 1. The summed E-state index contributed by atoms with van der Waals surface area (Å²) in [4.78, 5) is 25.8. The summed E-state index contributed by atoms with van der Waals surface area (Å²) in [6.07, 6.45) is 7.36. The van der Waals surface area contributed by atoms with E-state index in [-0.39, 0.29) is 12.5 Å². The number of imidazole rings is 1. The van der Waals surface area contributed by atoms with E-state index < -0.39 is 0 Å². The lowest BCUT2D eigenvalue weighted by atomic mass is 10.2. The van der Waals surface area contributed by atoms with Gasteiger partial charge in [-0.25, -0.2) is 9.98 Å². The van der Waals surface area contributed by atoms with Crippen molar-refractivity contribution in [3.63, 3.8) is 0 Å². The first kappa shape index (κ1) is 20.6. The maximum atomic E-state index is 12.8. The van der Waals surface area contributed by atoms with Gasteiger partial charge in [0.25, 0.3) is 0 Å². The summed E-state index contributed by atoms with van der Waals surface area (Å²) in [5.41, 5.74) is 2.05. The fourth-order valence-electron chi connectivity index (χ4n) is 3.66. The highest BCUT2D eigenvalue weighted by atomic mass is 16.2. The average molecular weight is 421 g/mol. The molecule has 0 radical (unpaired) electrons. The van der Waals surface area contributed by atoms with E-state index in [2.05, 4.69) is 32.1 Å². The second kappa shape index (κ2) is 9.46. The predicted octanol–water partition coefficient (Wildman–Crippen LogP) is 1.48. The van der Waals surface area contributed by atoms with Crippen molar-refractivity contribution in [3.8, 4) is 0 Å². The van der Waals surface area contributed by atoms with E-state index in [0.29, 0.717) is 19.6 Å². The van der Waals surface area contributed by atoms with Crippen LogP contribution in [0.4, 0.5) is 5.69 Å². The highest BCUT2D eigenvalue weighted by molar-refractivity contribution is 5.98. The number of aliphatic imine (C=N–C) groups is 1. The first-order valence-corrected chi connectivity index (χ1v) is 10.5. The summed E-state index contributed by atoms with van der Waals surface area (Å²) >= 11 is 0. The quantitative estimate of drug-likeness (QED) is 0.482. The maximum Gasteiger partial charge on any atom is 0.246 e. The van der Waals surface area contributed by atoms with Crippen molar-refractivity contribution < 1.29 is 4.79 Å². The maximum absolute atomic E-state index is 12.8. The van der Waals surface area contributed by atoms with Gasteiger partial charge >= 0.3 is 0 Å². The van der Waals surface area contributed by atoms with Crippen LogP contribution in [0.5, 0.6) is 0 Å². The number of nitrogens with zero attached hydrogens (tertiary/aromatic N) is 7. The smallest absolute Gasteiger partial charge is 0.246 e. The fraction of sp³-hybridized carbons (Fsp3) is 0.364. The van der Waals surface area contributed by atoms with Crippen molar-refractivity contribution in [3.05, 3.63) is 66.5 Å². The van der Waals surface area contributed by atoms with Crippen LogP contribution in [0.25, 0.3) is 0 Å². The molecule has 0 bridgehead atoms. The number of anilines is 1. The summed E-state index contributed by atoms with van der Waals surface area (Å²) in [5, 5.41) is 7.48. The molecule has 4 rings (SSSR count). The number of hydrogen-bond acceptors (Lipinski definition) is 4. The van der Waals surface area contributed by atoms with Crippen LogP contribution in [0.1, 0.15) is 18.3 Å². The van der Waals surface area contributed by atoms with E-state index in [0.717, 1.165) is 30.6 Å². The van der Waals surface area contributed by atoms with Crippen LogP contribution in [-0.2, 0) is 24.9 Å². The van der Waals surface area contributed by atoms with Crippen LogP contribution in [0.2, 0.25) is 0 Å². The third kappa shape index (κ3) is 4.93. The molecule has 1 aromatic carbocycles. The second-order valence-corrected chi connectivity index (χ2v) is 7.47. The molecule has 1 fully saturated rings. The Kier molecular flexibility index (Phi) is 6.30. The normalized spacial score (nSPS) is 14.9. The summed E-state index contributed by atoms with van der Waals surface area (Å²) in [5.74, 6) is 1.66. The van der Waals surface area contributed by atoms with Crippen molar-refractivity contribution in [2.45, 2.75) is 20.0 Å². The summed E-state index contributed by atoms with van der Waals surface area (Å²) in [6, 6.07) is 10.3. The van der Waals surface area contributed by atoms with Gasteiger partial charge in [-0.1, -0.05) is 30.3 Å². The molecular formula is C22H28N8O. The Hall–Kier alpha value is -3.62. The number of rotatable bonds is 6. The molecule has 0 aliphatic carbocycles. The van der Waals surface area contributed by atoms with E-state index in [1.165, 1.54) is 5.56 Å². The molecular weight excluding hydrogens is 392 g/mol. The van der Waals surface area contributed by atoms with Crippen LogP contribution >= 0.6 is 0 Å². The molecule has 162 valence electrons. The molecule has 3 heterocycles. The summed E-state index contributed by atoms with van der Waals surface area (Å²) in [7, 11) is 1.85. The van der Waals surface area contributed by atoms with Crippen molar-refractivity contribution in [2.24, 2.45) is 12.0 Å². The number of carbonyl (C=O) groups is 1. The predicted molar refractivity (Wildman–Crippen MR) is 120 cm³/mol. The van der Waals surface area contributed by atoms with Gasteiger partial charge in [0.1, 0.15) is 18.9 Å². The number of hydrogen-bond donors (Lipinski definition) is 1. The van der Waals surface area contributed by atoms with Crippen molar-refractivity contribution in [2.75, 3.05) is 31.1 Å². The molecule has 0 spiro atoms. The minimum absolute atomic E-state index is 0.0374. The highest BCUT2D eigenvalue weighted by Gasteiger charge is 2.27. The summed E-state index contributed by atoms with van der Waals surface area (Å²) in [6.45, 7) is 5.53. The molecule has 31 heavy (non-hydrogen) atoms.